The molecule has 0 aliphatic carbocycles. The second kappa shape index (κ2) is 10.6. The van der Waals surface area contributed by atoms with E-state index in [0.29, 0.717) is 29.1 Å². The van der Waals surface area contributed by atoms with E-state index in [-0.39, 0.29) is 12.1 Å². The molecule has 0 unspecified atom stereocenters. The number of carboxylic acid groups (broad SMARTS) is 1. The van der Waals surface area contributed by atoms with Crippen molar-refractivity contribution >= 4 is 27.6 Å². The van der Waals surface area contributed by atoms with Crippen LogP contribution in [0.5, 0.6) is 0 Å². The molecule has 1 fully saturated rings. The maximum Gasteiger partial charge on any atom is 0.335 e. The summed E-state index contributed by atoms with van der Waals surface area (Å²) in [5.74, 6) is -1.00. The Hall–Kier alpha value is -2.72. The molecule has 3 aromatic rings. The summed E-state index contributed by atoms with van der Waals surface area (Å²) in [6.45, 7) is 4.84. The second-order valence-corrected chi connectivity index (χ2v) is 12.2. The fraction of sp³-hybridized carbons (Fsp3) is 0.407. The van der Waals surface area contributed by atoms with Crippen molar-refractivity contribution in [2.75, 3.05) is 32.4 Å². The van der Waals surface area contributed by atoms with E-state index >= 15 is 0 Å². The van der Waals surface area contributed by atoms with Gasteiger partial charge >= 0.3 is 5.97 Å². The number of hydrogen-bond donors (Lipinski definition) is 1. The van der Waals surface area contributed by atoms with Crippen molar-refractivity contribution in [2.45, 2.75) is 38.8 Å². The number of aromatic nitrogens is 2. The van der Waals surface area contributed by atoms with Crippen molar-refractivity contribution in [3.05, 3.63) is 64.3 Å². The van der Waals surface area contributed by atoms with E-state index in [1.54, 1.807) is 24.3 Å². The molecule has 8 nitrogen and oxygen atoms in total. The largest absolute Gasteiger partial charge is 0.478 e. The summed E-state index contributed by atoms with van der Waals surface area (Å²) in [6.07, 6.45) is 5.36. The maximum atomic E-state index is 12.4. The first kappa shape index (κ1) is 25.9. The van der Waals surface area contributed by atoms with E-state index in [0.717, 1.165) is 55.1 Å². The van der Waals surface area contributed by atoms with E-state index in [1.807, 2.05) is 18.2 Å². The van der Waals surface area contributed by atoms with E-state index in [1.165, 1.54) is 23.4 Å². The summed E-state index contributed by atoms with van der Waals surface area (Å²) >= 11 is 6.55. The number of aryl methyl sites for hydroxylation is 1. The third-order valence-corrected chi connectivity index (χ3v) is 8.85. The van der Waals surface area contributed by atoms with Gasteiger partial charge in [0.1, 0.15) is 0 Å². The van der Waals surface area contributed by atoms with Gasteiger partial charge in [0.05, 0.1) is 17.5 Å². The standard InChI is InChI=1S/C27H31ClN4O4S/c1-37(35,36)31-15-10-25-23(18-31)26(29-32(25)14-5-13-30-11-2-3-12-30)20-8-9-24(28)22(17-20)19-6-4-7-21(16-19)27(33)34/h4,6-9,16-17H,2-3,5,10-15,18H2,1H3,(H,33,34). The fourth-order valence-electron chi connectivity index (χ4n) is 5.33. The van der Waals surface area contributed by atoms with Crippen molar-refractivity contribution in [3.8, 4) is 22.4 Å². The SMILES string of the molecule is CS(=O)(=O)N1CCc2c(c(-c3ccc(Cl)c(-c4cccc(C(=O)O)c4)c3)nn2CCCN2CCCC2)C1. The number of hydrogen-bond acceptors (Lipinski definition) is 5. The second-order valence-electron chi connectivity index (χ2n) is 9.83. The molecule has 0 radical (unpaired) electrons. The molecule has 0 spiro atoms. The topological polar surface area (TPSA) is 95.7 Å². The van der Waals surface area contributed by atoms with Gasteiger partial charge in [-0.15, -0.1) is 0 Å². The first-order chi connectivity index (χ1) is 17.7. The van der Waals surface area contributed by atoms with Gasteiger partial charge in [0.2, 0.25) is 10.0 Å². The molecule has 3 heterocycles. The first-order valence-electron chi connectivity index (χ1n) is 12.6. The molecule has 1 N–H and O–H groups in total. The van der Waals surface area contributed by atoms with Gasteiger partial charge in [0.15, 0.2) is 0 Å². The van der Waals surface area contributed by atoms with Gasteiger partial charge in [-0.1, -0.05) is 29.8 Å². The molecule has 37 heavy (non-hydrogen) atoms. The Morgan fingerprint density at radius 3 is 2.57 bits per heavy atom. The molecule has 0 amide bonds. The van der Waals surface area contributed by atoms with Gasteiger partial charge in [-0.3, -0.25) is 4.68 Å². The van der Waals surface area contributed by atoms with Crippen LogP contribution in [-0.2, 0) is 29.5 Å². The number of likely N-dealkylation sites (tertiary alicyclic amines) is 1. The van der Waals surface area contributed by atoms with Crippen LogP contribution in [0.1, 0.15) is 40.9 Å². The van der Waals surface area contributed by atoms with Gasteiger partial charge < -0.3 is 10.0 Å². The van der Waals surface area contributed by atoms with Gasteiger partial charge in [0, 0.05) is 53.5 Å². The van der Waals surface area contributed by atoms with Crippen LogP contribution in [0.3, 0.4) is 0 Å². The average Bonchev–Trinajstić information content (AvgIpc) is 3.52. The molecule has 5 rings (SSSR count). The van der Waals surface area contributed by atoms with Crippen LogP contribution in [0.25, 0.3) is 22.4 Å². The van der Waals surface area contributed by atoms with Crippen LogP contribution in [-0.4, -0.2) is 70.9 Å². The molecular formula is C27H31ClN4O4S. The Labute approximate surface area is 222 Å². The monoisotopic (exact) mass is 542 g/mol. The Bertz CT molecular complexity index is 1430. The average molecular weight is 543 g/mol. The molecular weight excluding hydrogens is 512 g/mol. The number of carboxylic acids is 1. The number of halogens is 1. The molecule has 10 heteroatoms. The molecule has 2 aromatic carbocycles. The van der Waals surface area contributed by atoms with Gasteiger partial charge in [-0.25, -0.2) is 13.2 Å². The van der Waals surface area contributed by atoms with Crippen LogP contribution in [0.4, 0.5) is 0 Å². The van der Waals surface area contributed by atoms with Crippen LogP contribution in [0, 0.1) is 0 Å². The molecule has 0 atom stereocenters. The number of sulfonamides is 1. The predicted octanol–water partition coefficient (Wildman–Crippen LogP) is 4.37. The highest BCUT2D eigenvalue weighted by molar-refractivity contribution is 7.88. The van der Waals surface area contributed by atoms with Crippen LogP contribution < -0.4 is 0 Å². The highest BCUT2D eigenvalue weighted by atomic mass is 35.5. The molecule has 196 valence electrons. The van der Waals surface area contributed by atoms with Crippen LogP contribution >= 0.6 is 11.6 Å². The van der Waals surface area contributed by atoms with E-state index in [4.69, 9.17) is 16.7 Å². The molecule has 2 aliphatic rings. The summed E-state index contributed by atoms with van der Waals surface area (Å²) in [4.78, 5) is 14.0. The smallest absolute Gasteiger partial charge is 0.335 e. The van der Waals surface area contributed by atoms with E-state index in [2.05, 4.69) is 9.58 Å². The third kappa shape index (κ3) is 5.60. The normalized spacial score (nSPS) is 16.7. The Balaban J connectivity index is 1.52. The van der Waals surface area contributed by atoms with Crippen molar-refractivity contribution in [3.63, 3.8) is 0 Å². The number of aromatic carboxylic acids is 1. The van der Waals surface area contributed by atoms with Gasteiger partial charge in [-0.05, 0) is 68.7 Å². The Morgan fingerprint density at radius 2 is 1.84 bits per heavy atom. The molecule has 0 bridgehead atoms. The summed E-state index contributed by atoms with van der Waals surface area (Å²) in [5, 5.41) is 14.9. The zero-order valence-electron chi connectivity index (χ0n) is 20.9. The highest BCUT2D eigenvalue weighted by Crippen LogP contribution is 2.36. The number of fused-ring (bicyclic) bond motifs is 1. The molecule has 1 aromatic heterocycles. The Kier molecular flexibility index (Phi) is 7.40. The highest BCUT2D eigenvalue weighted by Gasteiger charge is 2.30. The zero-order valence-corrected chi connectivity index (χ0v) is 22.4. The molecule has 1 saturated heterocycles. The Morgan fingerprint density at radius 1 is 1.05 bits per heavy atom. The van der Waals surface area contributed by atoms with Crippen LogP contribution in [0.2, 0.25) is 5.02 Å². The summed E-state index contributed by atoms with van der Waals surface area (Å²) in [5.41, 5.74) is 5.16. The van der Waals surface area contributed by atoms with Crippen LogP contribution in [0.15, 0.2) is 42.5 Å². The summed E-state index contributed by atoms with van der Waals surface area (Å²) < 4.78 is 28.3. The minimum atomic E-state index is -3.34. The van der Waals surface area contributed by atoms with Gasteiger partial charge in [0.25, 0.3) is 0 Å². The minimum Gasteiger partial charge on any atom is -0.478 e. The number of nitrogens with zero attached hydrogens (tertiary/aromatic N) is 4. The zero-order chi connectivity index (χ0) is 26.2. The maximum absolute atomic E-state index is 12.4. The van der Waals surface area contributed by atoms with Crippen molar-refractivity contribution in [2.24, 2.45) is 0 Å². The van der Waals surface area contributed by atoms with Gasteiger partial charge in [-0.2, -0.15) is 9.40 Å². The minimum absolute atomic E-state index is 0.183. The summed E-state index contributed by atoms with van der Waals surface area (Å²) in [7, 11) is -3.34. The lowest BCUT2D eigenvalue weighted by atomic mass is 9.97. The molecule has 2 aliphatic heterocycles. The van der Waals surface area contributed by atoms with Crippen molar-refractivity contribution in [1.29, 1.82) is 0 Å². The van der Waals surface area contributed by atoms with E-state index in [9.17, 15) is 18.3 Å². The third-order valence-electron chi connectivity index (χ3n) is 7.27. The first-order valence-corrected chi connectivity index (χ1v) is 14.8. The van der Waals surface area contributed by atoms with E-state index < -0.39 is 16.0 Å². The quantitative estimate of drug-likeness (QED) is 0.454. The fourth-order valence-corrected chi connectivity index (χ4v) is 6.34. The number of rotatable bonds is 8. The molecule has 0 saturated carbocycles. The lowest BCUT2D eigenvalue weighted by Gasteiger charge is -2.26. The van der Waals surface area contributed by atoms with Crippen molar-refractivity contribution in [1.82, 2.24) is 19.0 Å². The predicted molar refractivity (Wildman–Crippen MR) is 144 cm³/mol. The number of carbonyl (C=O) groups is 1. The van der Waals surface area contributed by atoms with Crippen molar-refractivity contribution < 1.29 is 18.3 Å². The summed E-state index contributed by atoms with van der Waals surface area (Å²) in [6, 6.07) is 12.3. The lowest BCUT2D eigenvalue weighted by molar-refractivity contribution is 0.0697. The number of benzene rings is 2. The lowest BCUT2D eigenvalue weighted by Crippen LogP contribution is -2.35.